The number of aromatic amines is 1. The van der Waals surface area contributed by atoms with Crippen molar-refractivity contribution in [3.05, 3.63) is 34.2 Å². The fraction of sp³-hybridized carbons (Fsp3) is 0.538. The van der Waals surface area contributed by atoms with Crippen molar-refractivity contribution >= 4 is 5.91 Å². The summed E-state index contributed by atoms with van der Waals surface area (Å²) in [5.74, 6) is 1.23. The predicted octanol–water partition coefficient (Wildman–Crippen LogP) is 1.25. The fourth-order valence-electron chi connectivity index (χ4n) is 3.15. The zero-order chi connectivity index (χ0) is 11.8. The summed E-state index contributed by atoms with van der Waals surface area (Å²) in [7, 11) is 0. The van der Waals surface area contributed by atoms with Crippen LogP contribution in [-0.2, 0) is 0 Å². The lowest BCUT2D eigenvalue weighted by Gasteiger charge is -2.16. The van der Waals surface area contributed by atoms with Crippen molar-refractivity contribution in [2.24, 2.45) is 11.8 Å². The van der Waals surface area contributed by atoms with Gasteiger partial charge in [-0.2, -0.15) is 0 Å². The molecule has 0 aromatic carbocycles. The average Bonchev–Trinajstić information content (AvgIpc) is 2.88. The highest BCUT2D eigenvalue weighted by atomic mass is 16.2. The summed E-state index contributed by atoms with van der Waals surface area (Å²) in [5.41, 5.74) is 0.0817. The number of amides is 1. The van der Waals surface area contributed by atoms with Gasteiger partial charge in [0.2, 0.25) is 0 Å². The molecule has 1 N–H and O–H groups in total. The standard InChI is InChI=1S/C13H16N2O2/c16-12-4-5-14-6-11(12)13(17)15-7-9-2-1-3-10(9)8-15/h4-6,9-10H,1-3,7-8H2,(H,14,16). The number of aromatic nitrogens is 1. The van der Waals surface area contributed by atoms with E-state index >= 15 is 0 Å². The Morgan fingerprint density at radius 1 is 1.29 bits per heavy atom. The molecular formula is C13H16N2O2. The minimum atomic E-state index is -0.189. The van der Waals surface area contributed by atoms with E-state index in [9.17, 15) is 9.59 Å². The summed E-state index contributed by atoms with van der Waals surface area (Å²) in [6, 6.07) is 1.41. The number of carbonyl (C=O) groups is 1. The molecule has 0 spiro atoms. The molecule has 1 aliphatic heterocycles. The van der Waals surface area contributed by atoms with Crippen LogP contribution in [0.4, 0.5) is 0 Å². The molecule has 2 aliphatic rings. The average molecular weight is 232 g/mol. The van der Waals surface area contributed by atoms with E-state index in [4.69, 9.17) is 0 Å². The van der Waals surface area contributed by atoms with Crippen LogP contribution in [0.15, 0.2) is 23.3 Å². The van der Waals surface area contributed by atoms with E-state index < -0.39 is 0 Å². The first-order valence-electron chi connectivity index (χ1n) is 6.22. The molecule has 0 bridgehead atoms. The predicted molar refractivity (Wildman–Crippen MR) is 63.8 cm³/mol. The SMILES string of the molecule is O=C(c1c[nH]ccc1=O)N1CC2CCCC2C1. The second kappa shape index (κ2) is 4.02. The van der Waals surface area contributed by atoms with Crippen molar-refractivity contribution in [1.29, 1.82) is 0 Å². The van der Waals surface area contributed by atoms with Crippen LogP contribution in [0.3, 0.4) is 0 Å². The van der Waals surface area contributed by atoms with Gasteiger partial charge in [-0.05, 0) is 24.7 Å². The molecule has 1 aliphatic carbocycles. The molecule has 2 atom stereocenters. The molecule has 2 unspecified atom stereocenters. The van der Waals surface area contributed by atoms with Gasteiger partial charge in [0.25, 0.3) is 5.91 Å². The molecule has 3 rings (SSSR count). The summed E-state index contributed by atoms with van der Waals surface area (Å²) < 4.78 is 0. The number of fused-ring (bicyclic) bond motifs is 1. The van der Waals surface area contributed by atoms with Crippen LogP contribution in [0.1, 0.15) is 29.6 Å². The summed E-state index contributed by atoms with van der Waals surface area (Å²) >= 11 is 0. The van der Waals surface area contributed by atoms with Crippen LogP contribution in [0, 0.1) is 11.8 Å². The molecule has 4 heteroatoms. The second-order valence-electron chi connectivity index (χ2n) is 5.08. The number of nitrogens with zero attached hydrogens (tertiary/aromatic N) is 1. The van der Waals surface area contributed by atoms with E-state index in [1.807, 2.05) is 4.90 Å². The lowest BCUT2D eigenvalue weighted by atomic mass is 10.0. The van der Waals surface area contributed by atoms with Gasteiger partial charge < -0.3 is 9.88 Å². The largest absolute Gasteiger partial charge is 0.367 e. The van der Waals surface area contributed by atoms with Crippen LogP contribution in [-0.4, -0.2) is 28.9 Å². The first-order valence-corrected chi connectivity index (χ1v) is 6.22. The van der Waals surface area contributed by atoms with Gasteiger partial charge in [-0.1, -0.05) is 6.42 Å². The lowest BCUT2D eigenvalue weighted by Crippen LogP contribution is -2.32. The summed E-state index contributed by atoms with van der Waals surface area (Å²) in [6.45, 7) is 1.66. The molecule has 2 heterocycles. The van der Waals surface area contributed by atoms with Gasteiger partial charge in [-0.25, -0.2) is 0 Å². The second-order valence-corrected chi connectivity index (χ2v) is 5.08. The number of carbonyl (C=O) groups excluding carboxylic acids is 1. The van der Waals surface area contributed by atoms with E-state index in [0.717, 1.165) is 13.1 Å². The molecule has 1 saturated heterocycles. The number of rotatable bonds is 1. The molecule has 1 saturated carbocycles. The smallest absolute Gasteiger partial charge is 0.259 e. The summed E-state index contributed by atoms with van der Waals surface area (Å²) in [6.07, 6.45) is 6.83. The van der Waals surface area contributed by atoms with Gasteiger partial charge >= 0.3 is 0 Å². The third-order valence-electron chi connectivity index (χ3n) is 4.07. The quantitative estimate of drug-likeness (QED) is 0.792. The molecule has 90 valence electrons. The third kappa shape index (κ3) is 1.77. The van der Waals surface area contributed by atoms with E-state index in [2.05, 4.69) is 4.98 Å². The number of pyridine rings is 1. The van der Waals surface area contributed by atoms with Crippen molar-refractivity contribution in [3.63, 3.8) is 0 Å². The Morgan fingerprint density at radius 2 is 2.00 bits per heavy atom. The zero-order valence-corrected chi connectivity index (χ0v) is 9.69. The molecule has 1 amide bonds. The minimum Gasteiger partial charge on any atom is -0.367 e. The highest BCUT2D eigenvalue weighted by Gasteiger charge is 2.38. The van der Waals surface area contributed by atoms with Crippen LogP contribution in [0.2, 0.25) is 0 Å². The third-order valence-corrected chi connectivity index (χ3v) is 4.07. The molecule has 4 nitrogen and oxygen atoms in total. The number of hydrogen-bond acceptors (Lipinski definition) is 2. The Bertz CT molecular complexity index is 482. The van der Waals surface area contributed by atoms with Gasteiger partial charge in [-0.15, -0.1) is 0 Å². The fourth-order valence-corrected chi connectivity index (χ4v) is 3.15. The van der Waals surface area contributed by atoms with Crippen LogP contribution in [0.25, 0.3) is 0 Å². The Morgan fingerprint density at radius 3 is 2.65 bits per heavy atom. The molecular weight excluding hydrogens is 216 g/mol. The molecule has 17 heavy (non-hydrogen) atoms. The van der Waals surface area contributed by atoms with Crippen LogP contribution < -0.4 is 5.43 Å². The first-order chi connectivity index (χ1) is 8.25. The van der Waals surface area contributed by atoms with Gasteiger partial charge in [-0.3, -0.25) is 9.59 Å². The number of hydrogen-bond donors (Lipinski definition) is 1. The number of likely N-dealkylation sites (tertiary alicyclic amines) is 1. The van der Waals surface area contributed by atoms with Gasteiger partial charge in [0, 0.05) is 31.5 Å². The molecule has 1 aromatic heterocycles. The van der Waals surface area contributed by atoms with Gasteiger partial charge in [0.1, 0.15) is 5.56 Å². The van der Waals surface area contributed by atoms with Crippen molar-refractivity contribution < 1.29 is 4.79 Å². The topological polar surface area (TPSA) is 53.2 Å². The molecule has 1 aromatic rings. The van der Waals surface area contributed by atoms with E-state index in [-0.39, 0.29) is 16.9 Å². The van der Waals surface area contributed by atoms with Crippen LogP contribution in [0.5, 0.6) is 0 Å². The summed E-state index contributed by atoms with van der Waals surface area (Å²) in [4.78, 5) is 28.5. The highest BCUT2D eigenvalue weighted by molar-refractivity contribution is 5.94. The minimum absolute atomic E-state index is 0.110. The van der Waals surface area contributed by atoms with E-state index in [1.54, 1.807) is 6.20 Å². The van der Waals surface area contributed by atoms with Crippen molar-refractivity contribution in [1.82, 2.24) is 9.88 Å². The monoisotopic (exact) mass is 232 g/mol. The molecule has 0 radical (unpaired) electrons. The number of nitrogens with one attached hydrogen (secondary N) is 1. The number of H-pyrrole nitrogens is 1. The van der Waals surface area contributed by atoms with Gasteiger partial charge in [0.05, 0.1) is 0 Å². The van der Waals surface area contributed by atoms with E-state index in [0.29, 0.717) is 11.8 Å². The van der Waals surface area contributed by atoms with Crippen molar-refractivity contribution in [3.8, 4) is 0 Å². The lowest BCUT2D eigenvalue weighted by molar-refractivity contribution is 0.0779. The maximum absolute atomic E-state index is 12.2. The van der Waals surface area contributed by atoms with Crippen LogP contribution >= 0.6 is 0 Å². The first kappa shape index (κ1) is 10.6. The Hall–Kier alpha value is -1.58. The normalized spacial score (nSPS) is 27.2. The van der Waals surface area contributed by atoms with Crippen molar-refractivity contribution in [2.75, 3.05) is 13.1 Å². The maximum atomic E-state index is 12.2. The highest BCUT2D eigenvalue weighted by Crippen LogP contribution is 2.37. The van der Waals surface area contributed by atoms with E-state index in [1.165, 1.54) is 31.5 Å². The Balaban J connectivity index is 1.80. The Kier molecular flexibility index (Phi) is 2.50. The zero-order valence-electron chi connectivity index (χ0n) is 9.69. The molecule has 2 fully saturated rings. The van der Waals surface area contributed by atoms with Gasteiger partial charge in [0.15, 0.2) is 5.43 Å². The van der Waals surface area contributed by atoms with Crippen molar-refractivity contribution in [2.45, 2.75) is 19.3 Å². The summed E-state index contributed by atoms with van der Waals surface area (Å²) in [5, 5.41) is 0. The Labute approximate surface area is 99.6 Å². The maximum Gasteiger partial charge on any atom is 0.259 e.